The summed E-state index contributed by atoms with van der Waals surface area (Å²) in [6, 6.07) is 0. The zero-order chi connectivity index (χ0) is 6.04. The molecule has 2 heteroatoms. The summed E-state index contributed by atoms with van der Waals surface area (Å²) in [7, 11) is 1.93. The molecule has 0 unspecified atom stereocenters. The Kier molecular flexibility index (Phi) is 1.54. The average Bonchev–Trinajstić information content (AvgIpc) is 2.50. The summed E-state index contributed by atoms with van der Waals surface area (Å²) in [5, 5.41) is 11.8. The van der Waals surface area contributed by atoms with Gasteiger partial charge in [0.15, 0.2) is 0 Å². The first-order chi connectivity index (χ1) is 3.83. The highest BCUT2D eigenvalue weighted by Gasteiger charge is 2.40. The van der Waals surface area contributed by atoms with Gasteiger partial charge in [0.25, 0.3) is 0 Å². The normalized spacial score (nSPS) is 23.2. The Balaban J connectivity index is 2.20. The maximum Gasteiger partial charge on any atom is 0.0499 e. The molecule has 0 aromatic heterocycles. The van der Waals surface area contributed by atoms with Gasteiger partial charge < -0.3 is 10.4 Å². The van der Waals surface area contributed by atoms with Crippen LogP contribution in [0.3, 0.4) is 0 Å². The van der Waals surface area contributed by atoms with Crippen molar-refractivity contribution in [2.24, 2.45) is 5.41 Å². The van der Waals surface area contributed by atoms with Crippen LogP contribution in [0.5, 0.6) is 0 Å². The minimum absolute atomic E-state index is 0.286. The molecule has 0 saturated heterocycles. The molecule has 0 aromatic rings. The zero-order valence-electron chi connectivity index (χ0n) is 5.28. The molecule has 2 N–H and O–H groups in total. The predicted molar refractivity (Wildman–Crippen MR) is 32.7 cm³/mol. The molecule has 0 aliphatic heterocycles. The van der Waals surface area contributed by atoms with E-state index in [9.17, 15) is 0 Å². The van der Waals surface area contributed by atoms with Gasteiger partial charge in [-0.3, -0.25) is 0 Å². The van der Waals surface area contributed by atoms with Crippen LogP contribution in [0.15, 0.2) is 0 Å². The largest absolute Gasteiger partial charge is 0.396 e. The van der Waals surface area contributed by atoms with Crippen LogP contribution >= 0.6 is 0 Å². The molecule has 0 heterocycles. The van der Waals surface area contributed by atoms with Crippen molar-refractivity contribution in [2.45, 2.75) is 12.8 Å². The van der Waals surface area contributed by atoms with Gasteiger partial charge in [0, 0.05) is 18.6 Å². The first-order valence-corrected chi connectivity index (χ1v) is 3.08. The van der Waals surface area contributed by atoms with Crippen LogP contribution in [-0.2, 0) is 0 Å². The van der Waals surface area contributed by atoms with Crippen LogP contribution < -0.4 is 5.32 Å². The van der Waals surface area contributed by atoms with Gasteiger partial charge in [0.05, 0.1) is 0 Å². The summed E-state index contributed by atoms with van der Waals surface area (Å²) in [5.74, 6) is 0. The number of aliphatic hydroxyl groups is 1. The first kappa shape index (κ1) is 6.05. The van der Waals surface area contributed by atoms with E-state index in [2.05, 4.69) is 5.32 Å². The lowest BCUT2D eigenvalue weighted by Gasteiger charge is -2.08. The fraction of sp³-hybridized carbons (Fsp3) is 1.00. The van der Waals surface area contributed by atoms with E-state index in [0.29, 0.717) is 6.61 Å². The van der Waals surface area contributed by atoms with E-state index in [1.165, 1.54) is 12.8 Å². The molecule has 0 atom stereocenters. The summed E-state index contributed by atoms with van der Waals surface area (Å²) >= 11 is 0. The summed E-state index contributed by atoms with van der Waals surface area (Å²) in [6.45, 7) is 1.33. The highest BCUT2D eigenvalue weighted by atomic mass is 16.3. The van der Waals surface area contributed by atoms with Crippen molar-refractivity contribution in [1.29, 1.82) is 0 Å². The van der Waals surface area contributed by atoms with Gasteiger partial charge in [-0.2, -0.15) is 0 Å². The van der Waals surface area contributed by atoms with E-state index in [1.807, 2.05) is 7.05 Å². The fourth-order valence-corrected chi connectivity index (χ4v) is 0.943. The van der Waals surface area contributed by atoms with Gasteiger partial charge in [-0.05, 0) is 19.9 Å². The second-order valence-electron chi connectivity index (χ2n) is 2.69. The molecule has 48 valence electrons. The third-order valence-electron chi connectivity index (χ3n) is 1.84. The molecule has 0 amide bonds. The molecule has 0 aromatic carbocycles. The van der Waals surface area contributed by atoms with Crippen LogP contribution in [0.1, 0.15) is 12.8 Å². The van der Waals surface area contributed by atoms with E-state index < -0.39 is 0 Å². The number of hydrogen-bond donors (Lipinski definition) is 2. The molecule has 1 rings (SSSR count). The van der Waals surface area contributed by atoms with Crippen LogP contribution in [0, 0.1) is 5.41 Å². The molecule has 8 heavy (non-hydrogen) atoms. The Morgan fingerprint density at radius 2 is 2.25 bits per heavy atom. The molecule has 1 saturated carbocycles. The lowest BCUT2D eigenvalue weighted by Crippen LogP contribution is -2.22. The molecular formula is C6H13NO. The monoisotopic (exact) mass is 115 g/mol. The van der Waals surface area contributed by atoms with Gasteiger partial charge in [-0.1, -0.05) is 0 Å². The quantitative estimate of drug-likeness (QED) is 0.541. The Morgan fingerprint density at radius 3 is 2.38 bits per heavy atom. The minimum atomic E-state index is 0.286. The maximum atomic E-state index is 8.75. The van der Waals surface area contributed by atoms with Gasteiger partial charge >= 0.3 is 0 Å². The maximum absolute atomic E-state index is 8.75. The standard InChI is InChI=1S/C6H13NO/c1-7-4-6(5-8)2-3-6/h7-8H,2-5H2,1H3. The number of aliphatic hydroxyl groups excluding tert-OH is 1. The van der Waals surface area contributed by atoms with Crippen molar-refractivity contribution in [2.75, 3.05) is 20.2 Å². The van der Waals surface area contributed by atoms with Gasteiger partial charge in [-0.25, -0.2) is 0 Å². The molecule has 0 spiro atoms. The lowest BCUT2D eigenvalue weighted by atomic mass is 10.1. The van der Waals surface area contributed by atoms with Crippen LogP contribution in [0.4, 0.5) is 0 Å². The number of rotatable bonds is 3. The highest BCUT2D eigenvalue weighted by Crippen LogP contribution is 2.43. The lowest BCUT2D eigenvalue weighted by molar-refractivity contribution is 0.210. The molecule has 0 bridgehead atoms. The van der Waals surface area contributed by atoms with E-state index >= 15 is 0 Å². The Bertz CT molecular complexity index is 78.6. The molecule has 1 aliphatic carbocycles. The SMILES string of the molecule is CNCC1(CO)CC1. The van der Waals surface area contributed by atoms with E-state index in [0.717, 1.165) is 6.54 Å². The van der Waals surface area contributed by atoms with Crippen LogP contribution in [-0.4, -0.2) is 25.3 Å². The summed E-state index contributed by atoms with van der Waals surface area (Å²) in [5.41, 5.74) is 0.286. The van der Waals surface area contributed by atoms with Crippen molar-refractivity contribution < 1.29 is 5.11 Å². The molecular weight excluding hydrogens is 102 g/mol. The molecule has 2 nitrogen and oxygen atoms in total. The number of hydrogen-bond acceptors (Lipinski definition) is 2. The zero-order valence-corrected chi connectivity index (χ0v) is 5.28. The van der Waals surface area contributed by atoms with Crippen LogP contribution in [0.2, 0.25) is 0 Å². The van der Waals surface area contributed by atoms with Crippen molar-refractivity contribution in [3.8, 4) is 0 Å². The smallest absolute Gasteiger partial charge is 0.0499 e. The number of nitrogens with one attached hydrogen (secondary N) is 1. The van der Waals surface area contributed by atoms with E-state index in [4.69, 9.17) is 5.11 Å². The summed E-state index contributed by atoms with van der Waals surface area (Å²) < 4.78 is 0. The highest BCUT2D eigenvalue weighted by molar-refractivity contribution is 4.93. The third-order valence-corrected chi connectivity index (χ3v) is 1.84. The van der Waals surface area contributed by atoms with Gasteiger partial charge in [-0.15, -0.1) is 0 Å². The second-order valence-corrected chi connectivity index (χ2v) is 2.69. The molecule has 1 aliphatic rings. The topological polar surface area (TPSA) is 32.3 Å². The molecule has 0 radical (unpaired) electrons. The van der Waals surface area contributed by atoms with Crippen LogP contribution in [0.25, 0.3) is 0 Å². The van der Waals surface area contributed by atoms with Gasteiger partial charge in [0.2, 0.25) is 0 Å². The second kappa shape index (κ2) is 2.03. The minimum Gasteiger partial charge on any atom is -0.396 e. The van der Waals surface area contributed by atoms with Gasteiger partial charge in [0.1, 0.15) is 0 Å². The Hall–Kier alpha value is -0.0800. The van der Waals surface area contributed by atoms with Crippen molar-refractivity contribution in [3.63, 3.8) is 0 Å². The van der Waals surface area contributed by atoms with Crippen molar-refractivity contribution in [1.82, 2.24) is 5.32 Å². The Morgan fingerprint density at radius 1 is 1.62 bits per heavy atom. The fourth-order valence-electron chi connectivity index (χ4n) is 0.943. The third kappa shape index (κ3) is 1.01. The summed E-state index contributed by atoms with van der Waals surface area (Å²) in [6.07, 6.45) is 2.40. The summed E-state index contributed by atoms with van der Waals surface area (Å²) in [4.78, 5) is 0. The Labute approximate surface area is 49.9 Å². The molecule has 1 fully saturated rings. The van der Waals surface area contributed by atoms with Crippen molar-refractivity contribution >= 4 is 0 Å². The van der Waals surface area contributed by atoms with Crippen molar-refractivity contribution in [3.05, 3.63) is 0 Å². The first-order valence-electron chi connectivity index (χ1n) is 3.08. The van der Waals surface area contributed by atoms with E-state index in [1.54, 1.807) is 0 Å². The predicted octanol–water partition coefficient (Wildman–Crippen LogP) is -0.0217. The van der Waals surface area contributed by atoms with E-state index in [-0.39, 0.29) is 5.41 Å². The average molecular weight is 115 g/mol.